The second-order valence-electron chi connectivity index (χ2n) is 9.55. The molecule has 2 aromatic rings. The van der Waals surface area contributed by atoms with Crippen molar-refractivity contribution in [2.24, 2.45) is 0 Å². The quantitative estimate of drug-likeness (QED) is 0.549. The molecular weight excluding hydrogens is 489 g/mol. The lowest BCUT2D eigenvalue weighted by Gasteiger charge is -2.39. The summed E-state index contributed by atoms with van der Waals surface area (Å²) in [7, 11) is -2.25. The summed E-state index contributed by atoms with van der Waals surface area (Å²) in [5.74, 6) is -2.45. The normalized spacial score (nSPS) is 20.1. The summed E-state index contributed by atoms with van der Waals surface area (Å²) in [5.41, 5.74) is 2.24. The van der Waals surface area contributed by atoms with Crippen molar-refractivity contribution in [2.45, 2.75) is 64.4 Å². The molecule has 0 saturated carbocycles. The zero-order chi connectivity index (χ0) is 26.8. The van der Waals surface area contributed by atoms with Gasteiger partial charge in [-0.1, -0.05) is 26.0 Å². The van der Waals surface area contributed by atoms with Crippen LogP contribution in [0.4, 0.5) is 10.3 Å². The smallest absolute Gasteiger partial charge is 0.305 e. The molecule has 1 N–H and O–H groups in total. The fraction of sp³-hybridized carbons (Fsp3) is 0.480. The topological polar surface area (TPSA) is 119 Å². The predicted molar refractivity (Wildman–Crippen MR) is 134 cm³/mol. The van der Waals surface area contributed by atoms with Gasteiger partial charge in [0, 0.05) is 24.6 Å². The zero-order valence-electron chi connectivity index (χ0n) is 21.2. The van der Waals surface area contributed by atoms with Gasteiger partial charge in [0.2, 0.25) is 16.0 Å². The fourth-order valence-electron chi connectivity index (χ4n) is 3.99. The molecule has 1 aromatic heterocycles. The summed E-state index contributed by atoms with van der Waals surface area (Å²) in [6.07, 6.45) is 3.88. The first kappa shape index (κ1) is 27.7. The average molecular weight is 522 g/mol. The highest BCUT2D eigenvalue weighted by atomic mass is 32.2. The first-order valence-electron chi connectivity index (χ1n) is 11.5. The Bertz CT molecular complexity index is 1250. The number of carboxylic acid groups (broad SMARTS) is 1. The molecule has 196 valence electrons. The Morgan fingerprint density at radius 1 is 1.25 bits per heavy atom. The molecule has 1 aliphatic rings. The molecule has 1 aliphatic heterocycles. The van der Waals surface area contributed by atoms with Crippen LogP contribution in [0.1, 0.15) is 57.7 Å². The van der Waals surface area contributed by atoms with E-state index in [1.807, 2.05) is 13.8 Å². The number of carboxylic acids is 1. The van der Waals surface area contributed by atoms with E-state index in [2.05, 4.69) is 9.97 Å². The minimum Gasteiger partial charge on any atom is -0.481 e. The Kier molecular flexibility index (Phi) is 8.17. The van der Waals surface area contributed by atoms with Crippen molar-refractivity contribution >= 4 is 28.0 Å². The Morgan fingerprint density at radius 3 is 2.44 bits per heavy atom. The number of anilines is 1. The van der Waals surface area contributed by atoms with E-state index in [9.17, 15) is 22.7 Å². The predicted octanol–water partition coefficient (Wildman–Crippen LogP) is 4.20. The van der Waals surface area contributed by atoms with E-state index in [-0.39, 0.29) is 18.3 Å². The van der Waals surface area contributed by atoms with E-state index < -0.39 is 39.8 Å². The third kappa shape index (κ3) is 6.86. The Hall–Kier alpha value is -2.89. The van der Waals surface area contributed by atoms with E-state index in [0.29, 0.717) is 28.9 Å². The second kappa shape index (κ2) is 10.6. The van der Waals surface area contributed by atoms with Crippen LogP contribution >= 0.6 is 0 Å². The number of carbonyl (C=O) groups is 1. The van der Waals surface area contributed by atoms with Crippen LogP contribution in [0.3, 0.4) is 0 Å². The molecule has 0 radical (unpaired) electrons. The summed E-state index contributed by atoms with van der Waals surface area (Å²) in [5, 5.41) is 9.21. The summed E-state index contributed by atoms with van der Waals surface area (Å²) in [6.45, 7) is 7.30. The Morgan fingerprint density at radius 2 is 1.89 bits per heavy atom. The van der Waals surface area contributed by atoms with Gasteiger partial charge in [-0.05, 0) is 44.0 Å². The van der Waals surface area contributed by atoms with Crippen molar-refractivity contribution in [3.63, 3.8) is 0 Å². The fourth-order valence-corrected chi connectivity index (χ4v) is 4.36. The lowest BCUT2D eigenvalue weighted by Crippen LogP contribution is -2.44. The number of aliphatic carboxylic acids is 1. The van der Waals surface area contributed by atoms with Crippen LogP contribution in [0.15, 0.2) is 30.3 Å². The van der Waals surface area contributed by atoms with Gasteiger partial charge in [-0.3, -0.25) is 4.79 Å². The highest BCUT2D eigenvalue weighted by Gasteiger charge is 2.35. The van der Waals surface area contributed by atoms with Crippen LogP contribution < -0.4 is 4.31 Å². The molecule has 0 aliphatic carbocycles. The molecule has 1 fully saturated rings. The third-order valence-electron chi connectivity index (χ3n) is 5.67. The lowest BCUT2D eigenvalue weighted by molar-refractivity contribution is -0.290. The van der Waals surface area contributed by atoms with E-state index in [1.54, 1.807) is 38.1 Å². The first-order chi connectivity index (χ1) is 16.7. The number of sulfonamides is 1. The standard InChI is InChI=1S/C25H32FN3O6S/c1-15(2)22-20(12-11-18-13-19(14-21(30)31)35-25(3,4)34-18)23(16-7-9-17(26)10-8-16)28-24(27-22)29(5)36(6,32)33/h7-12,15,18-19H,13-14H2,1-6H3,(H,30,31)/b12-11+/t18-,19+/m0/s1. The largest absolute Gasteiger partial charge is 0.481 e. The van der Waals surface area contributed by atoms with Gasteiger partial charge in [0.25, 0.3) is 0 Å². The van der Waals surface area contributed by atoms with Crippen molar-refractivity contribution < 1.29 is 32.2 Å². The van der Waals surface area contributed by atoms with Gasteiger partial charge in [0.15, 0.2) is 5.79 Å². The van der Waals surface area contributed by atoms with Crippen LogP contribution in [0.2, 0.25) is 0 Å². The van der Waals surface area contributed by atoms with Crippen LogP contribution in [0.25, 0.3) is 17.3 Å². The second-order valence-corrected chi connectivity index (χ2v) is 11.6. The van der Waals surface area contributed by atoms with Gasteiger partial charge in [-0.15, -0.1) is 0 Å². The van der Waals surface area contributed by atoms with Gasteiger partial charge in [-0.2, -0.15) is 0 Å². The SMILES string of the molecule is CC(C)c1nc(N(C)S(C)(=O)=O)nc(-c2ccc(F)cc2)c1/C=C/[C@H]1C[C@H](CC(=O)O)OC(C)(C)O1. The molecular formula is C25H32FN3O6S. The van der Waals surface area contributed by atoms with Gasteiger partial charge < -0.3 is 14.6 Å². The molecule has 2 heterocycles. The molecule has 3 rings (SSSR count). The number of aromatic nitrogens is 2. The van der Waals surface area contributed by atoms with Gasteiger partial charge in [-0.25, -0.2) is 27.1 Å². The molecule has 0 bridgehead atoms. The molecule has 0 amide bonds. The van der Waals surface area contributed by atoms with E-state index >= 15 is 0 Å². The first-order valence-corrected chi connectivity index (χ1v) is 13.4. The molecule has 36 heavy (non-hydrogen) atoms. The van der Waals surface area contributed by atoms with Crippen molar-refractivity contribution in [1.29, 1.82) is 0 Å². The number of ether oxygens (including phenoxy) is 2. The Balaban J connectivity index is 2.13. The zero-order valence-corrected chi connectivity index (χ0v) is 22.0. The third-order valence-corrected chi connectivity index (χ3v) is 6.83. The number of rotatable bonds is 8. The highest BCUT2D eigenvalue weighted by molar-refractivity contribution is 7.92. The van der Waals surface area contributed by atoms with Crippen molar-refractivity contribution in [3.05, 3.63) is 47.4 Å². The van der Waals surface area contributed by atoms with E-state index in [0.717, 1.165) is 10.6 Å². The summed E-state index contributed by atoms with van der Waals surface area (Å²) >= 11 is 0. The number of hydrogen-bond acceptors (Lipinski definition) is 7. The number of hydrogen-bond donors (Lipinski definition) is 1. The minimum absolute atomic E-state index is 0.00245. The van der Waals surface area contributed by atoms with Gasteiger partial charge in [0.05, 0.1) is 36.3 Å². The van der Waals surface area contributed by atoms with Crippen molar-refractivity contribution in [2.75, 3.05) is 17.6 Å². The molecule has 1 saturated heterocycles. The molecule has 1 aromatic carbocycles. The van der Waals surface area contributed by atoms with Crippen molar-refractivity contribution in [3.8, 4) is 11.3 Å². The molecule has 11 heteroatoms. The summed E-state index contributed by atoms with van der Waals surface area (Å²) < 4.78 is 50.8. The van der Waals surface area contributed by atoms with Crippen LogP contribution in [-0.4, -0.2) is 60.8 Å². The number of benzene rings is 1. The summed E-state index contributed by atoms with van der Waals surface area (Å²) in [4.78, 5) is 20.3. The Labute approximate surface area is 211 Å². The maximum absolute atomic E-state index is 13.7. The van der Waals surface area contributed by atoms with Crippen molar-refractivity contribution in [1.82, 2.24) is 9.97 Å². The number of nitrogens with zero attached hydrogens (tertiary/aromatic N) is 3. The monoisotopic (exact) mass is 521 g/mol. The molecule has 9 nitrogen and oxygen atoms in total. The maximum atomic E-state index is 13.7. The average Bonchev–Trinajstić information content (AvgIpc) is 2.75. The molecule has 0 spiro atoms. The maximum Gasteiger partial charge on any atom is 0.305 e. The molecule has 0 unspecified atom stereocenters. The van der Waals surface area contributed by atoms with Crippen LogP contribution in [0.5, 0.6) is 0 Å². The molecule has 2 atom stereocenters. The van der Waals surface area contributed by atoms with Crippen LogP contribution in [0, 0.1) is 5.82 Å². The van der Waals surface area contributed by atoms with Gasteiger partial charge in [0.1, 0.15) is 5.82 Å². The lowest BCUT2D eigenvalue weighted by atomic mass is 9.97. The summed E-state index contributed by atoms with van der Waals surface area (Å²) in [6, 6.07) is 5.75. The van der Waals surface area contributed by atoms with Gasteiger partial charge >= 0.3 is 5.97 Å². The minimum atomic E-state index is -3.63. The van der Waals surface area contributed by atoms with E-state index in [4.69, 9.17) is 9.47 Å². The van der Waals surface area contributed by atoms with Crippen LogP contribution in [-0.2, 0) is 24.3 Å². The highest BCUT2D eigenvalue weighted by Crippen LogP contribution is 2.33. The number of halogens is 1. The van der Waals surface area contributed by atoms with E-state index in [1.165, 1.54) is 19.2 Å².